The van der Waals surface area contributed by atoms with Crippen LogP contribution in [0.25, 0.3) is 0 Å². The van der Waals surface area contributed by atoms with Gasteiger partial charge in [0.25, 0.3) is 0 Å². The van der Waals surface area contributed by atoms with Gasteiger partial charge in [-0.2, -0.15) is 0 Å². The molecule has 0 aliphatic heterocycles. The van der Waals surface area contributed by atoms with Crippen molar-refractivity contribution in [1.82, 2.24) is 0 Å². The van der Waals surface area contributed by atoms with Crippen molar-refractivity contribution in [3.05, 3.63) is 41.8 Å². The Morgan fingerprint density at radius 1 is 1.14 bits per heavy atom. The number of rotatable bonds is 3. The molecular weight excluding hydrogens is 280 g/mol. The molecule has 2 bridgehead atoms. The lowest BCUT2D eigenvalue weighted by Crippen LogP contribution is -2.54. The molecule has 2 nitrogen and oxygen atoms in total. The molecule has 4 rings (SSSR count). The molecule has 3 aliphatic rings. The highest BCUT2D eigenvalue weighted by Crippen LogP contribution is 2.63. The van der Waals surface area contributed by atoms with Crippen LogP contribution in [0.3, 0.4) is 0 Å². The Balaban J connectivity index is 1.76. The molecule has 0 aromatic heterocycles. The Kier molecular flexibility index (Phi) is 3.52. The largest absolute Gasteiger partial charge is 0.219 e. The maximum atomic E-state index is 12.3. The van der Waals surface area contributed by atoms with Crippen LogP contribution in [0, 0.1) is 29.1 Å². The average molecular weight is 304 g/mol. The lowest BCUT2D eigenvalue weighted by atomic mass is 9.43. The van der Waals surface area contributed by atoms with E-state index in [1.54, 1.807) is 24.3 Å². The molecule has 0 saturated heterocycles. The molecule has 1 aromatic carbocycles. The smallest absolute Gasteiger partial charge is 0.199 e. The van der Waals surface area contributed by atoms with Crippen molar-refractivity contribution in [2.24, 2.45) is 29.1 Å². The lowest BCUT2D eigenvalue weighted by Gasteiger charge is -2.61. The average Bonchev–Trinajstić information content (AvgIpc) is 2.46. The zero-order valence-corrected chi connectivity index (χ0v) is 13.8. The Hall–Kier alpha value is -1.09. The van der Waals surface area contributed by atoms with E-state index in [-0.39, 0.29) is 0 Å². The van der Waals surface area contributed by atoms with Crippen LogP contribution < -0.4 is 0 Å². The number of benzene rings is 1. The normalized spacial score (nSPS) is 34.6. The first-order chi connectivity index (χ1) is 9.82. The summed E-state index contributed by atoms with van der Waals surface area (Å²) in [5, 5.41) is 1.43. The molecule has 3 saturated carbocycles. The van der Waals surface area contributed by atoms with Gasteiger partial charge in [0.1, 0.15) is 0 Å². The van der Waals surface area contributed by atoms with Crippen LogP contribution in [0.1, 0.15) is 33.6 Å². The highest BCUT2D eigenvalue weighted by molar-refractivity contribution is 7.94. The second kappa shape index (κ2) is 4.98. The fraction of sp³-hybridized carbons (Fsp3) is 0.556. The fourth-order valence-corrected chi connectivity index (χ4v) is 5.44. The van der Waals surface area contributed by atoms with E-state index in [9.17, 15) is 8.42 Å². The van der Waals surface area contributed by atoms with Gasteiger partial charge in [-0.15, -0.1) is 0 Å². The zero-order chi connectivity index (χ0) is 15.3. The van der Waals surface area contributed by atoms with Crippen LogP contribution in [-0.2, 0) is 9.84 Å². The quantitative estimate of drug-likeness (QED) is 0.834. The summed E-state index contributed by atoms with van der Waals surface area (Å²) in [6.07, 6.45) is 4.40. The SMILES string of the molecule is C[C@H]1[C@H](/C=C/S(=O)(=O)c2ccccc2)C[C@@H]2C[C@H]1C2(C)C. The third kappa shape index (κ3) is 2.46. The zero-order valence-electron chi connectivity index (χ0n) is 13.0. The Bertz CT molecular complexity index is 643. The van der Waals surface area contributed by atoms with E-state index in [1.807, 2.05) is 12.1 Å². The van der Waals surface area contributed by atoms with Gasteiger partial charge in [0.05, 0.1) is 4.90 Å². The van der Waals surface area contributed by atoms with Crippen molar-refractivity contribution in [2.45, 2.75) is 38.5 Å². The molecule has 21 heavy (non-hydrogen) atoms. The van der Waals surface area contributed by atoms with Gasteiger partial charge in [0, 0.05) is 5.41 Å². The lowest BCUT2D eigenvalue weighted by molar-refractivity contribution is -0.118. The standard InChI is InChI=1S/C18H24O2S/c1-13-14(11-15-12-17(13)18(15,2)3)9-10-21(19,20)16-7-5-4-6-8-16/h4-10,13-15,17H,11-12H2,1-3H3/b10-9+/t13-,14+,15+,17+/m0/s1. The van der Waals surface area contributed by atoms with Crippen LogP contribution in [0.4, 0.5) is 0 Å². The van der Waals surface area contributed by atoms with Crippen molar-refractivity contribution in [3.63, 3.8) is 0 Å². The van der Waals surface area contributed by atoms with Gasteiger partial charge >= 0.3 is 0 Å². The van der Waals surface area contributed by atoms with E-state index in [0.29, 0.717) is 22.1 Å². The maximum Gasteiger partial charge on any atom is 0.199 e. The van der Waals surface area contributed by atoms with Gasteiger partial charge in [-0.1, -0.05) is 45.0 Å². The number of sulfone groups is 1. The van der Waals surface area contributed by atoms with Crippen molar-refractivity contribution >= 4 is 9.84 Å². The monoisotopic (exact) mass is 304 g/mol. The van der Waals surface area contributed by atoms with Crippen LogP contribution in [-0.4, -0.2) is 8.42 Å². The summed E-state index contributed by atoms with van der Waals surface area (Å²) in [4.78, 5) is 0.384. The summed E-state index contributed by atoms with van der Waals surface area (Å²) in [5.74, 6) is 2.48. The predicted molar refractivity (Wildman–Crippen MR) is 85.4 cm³/mol. The minimum absolute atomic E-state index is 0.384. The van der Waals surface area contributed by atoms with E-state index in [4.69, 9.17) is 0 Å². The molecule has 0 heterocycles. The van der Waals surface area contributed by atoms with E-state index in [2.05, 4.69) is 20.8 Å². The molecule has 0 unspecified atom stereocenters. The summed E-state index contributed by atoms with van der Waals surface area (Å²) in [7, 11) is -3.30. The molecule has 3 heteroatoms. The molecule has 0 spiro atoms. The molecule has 1 aromatic rings. The minimum atomic E-state index is -3.30. The first-order valence-corrected chi connectivity index (χ1v) is 9.35. The van der Waals surface area contributed by atoms with Crippen molar-refractivity contribution in [3.8, 4) is 0 Å². The number of hydrogen-bond acceptors (Lipinski definition) is 2. The molecular formula is C18H24O2S. The molecule has 0 amide bonds. The Morgan fingerprint density at radius 3 is 2.38 bits per heavy atom. The second-order valence-electron chi connectivity index (χ2n) is 7.31. The maximum absolute atomic E-state index is 12.3. The van der Waals surface area contributed by atoms with Crippen molar-refractivity contribution in [2.75, 3.05) is 0 Å². The summed E-state index contributed by atoms with van der Waals surface area (Å²) < 4.78 is 24.6. The molecule has 114 valence electrons. The summed E-state index contributed by atoms with van der Waals surface area (Å²) in [6, 6.07) is 8.68. The van der Waals surface area contributed by atoms with Gasteiger partial charge in [0.15, 0.2) is 9.84 Å². The Morgan fingerprint density at radius 2 is 1.81 bits per heavy atom. The molecule has 3 aliphatic carbocycles. The second-order valence-corrected chi connectivity index (χ2v) is 9.14. The first-order valence-electron chi connectivity index (χ1n) is 7.80. The summed E-state index contributed by atoms with van der Waals surface area (Å²) in [5.41, 5.74) is 0.446. The van der Waals surface area contributed by atoms with E-state index < -0.39 is 9.84 Å². The van der Waals surface area contributed by atoms with Gasteiger partial charge in [-0.05, 0) is 54.1 Å². The van der Waals surface area contributed by atoms with Gasteiger partial charge in [0.2, 0.25) is 0 Å². The van der Waals surface area contributed by atoms with Gasteiger partial charge < -0.3 is 0 Å². The van der Waals surface area contributed by atoms with Crippen LogP contribution in [0.15, 0.2) is 46.7 Å². The first kappa shape index (κ1) is 14.8. The highest BCUT2D eigenvalue weighted by Gasteiger charge is 2.55. The van der Waals surface area contributed by atoms with Crippen LogP contribution in [0.5, 0.6) is 0 Å². The molecule has 0 N–H and O–H groups in total. The number of fused-ring (bicyclic) bond motifs is 2. The Labute approximate surface area is 128 Å². The van der Waals surface area contributed by atoms with Gasteiger partial charge in [-0.3, -0.25) is 0 Å². The number of allylic oxidation sites excluding steroid dienone is 1. The fourth-order valence-electron chi connectivity index (χ4n) is 4.34. The highest BCUT2D eigenvalue weighted by atomic mass is 32.2. The summed E-state index contributed by atoms with van der Waals surface area (Å²) >= 11 is 0. The van der Waals surface area contributed by atoms with Crippen molar-refractivity contribution in [1.29, 1.82) is 0 Å². The molecule has 4 atom stereocenters. The third-order valence-corrected chi connectivity index (χ3v) is 7.43. The number of hydrogen-bond donors (Lipinski definition) is 0. The van der Waals surface area contributed by atoms with E-state index in [1.165, 1.54) is 11.8 Å². The van der Waals surface area contributed by atoms with E-state index >= 15 is 0 Å². The molecule has 0 radical (unpaired) electrons. The van der Waals surface area contributed by atoms with Gasteiger partial charge in [-0.25, -0.2) is 8.42 Å². The van der Waals surface area contributed by atoms with Crippen molar-refractivity contribution < 1.29 is 8.42 Å². The van der Waals surface area contributed by atoms with Crippen LogP contribution >= 0.6 is 0 Å². The molecule has 3 fully saturated rings. The van der Waals surface area contributed by atoms with E-state index in [0.717, 1.165) is 18.3 Å². The summed E-state index contributed by atoms with van der Waals surface area (Å²) in [6.45, 7) is 7.01. The predicted octanol–water partition coefficient (Wildman–Crippen LogP) is 4.29. The topological polar surface area (TPSA) is 34.1 Å². The minimum Gasteiger partial charge on any atom is -0.219 e. The van der Waals surface area contributed by atoms with Crippen LogP contribution in [0.2, 0.25) is 0 Å². The third-order valence-electron chi connectivity index (χ3n) is 5.99.